The van der Waals surface area contributed by atoms with Crippen LogP contribution in [0, 0.1) is 0 Å². The summed E-state index contributed by atoms with van der Waals surface area (Å²) in [6, 6.07) is 5.98. The fourth-order valence-corrected chi connectivity index (χ4v) is 1.85. The predicted octanol–water partition coefficient (Wildman–Crippen LogP) is 2.97. The number of hydrogen-bond acceptors (Lipinski definition) is 2. The molecule has 15 heavy (non-hydrogen) atoms. The van der Waals surface area contributed by atoms with E-state index in [9.17, 15) is 5.11 Å². The van der Waals surface area contributed by atoms with E-state index in [1.165, 1.54) is 0 Å². The summed E-state index contributed by atoms with van der Waals surface area (Å²) in [5, 5.41) is 10.1. The van der Waals surface area contributed by atoms with Gasteiger partial charge >= 0.3 is 0 Å². The summed E-state index contributed by atoms with van der Waals surface area (Å²) >= 11 is 0. The van der Waals surface area contributed by atoms with Crippen LogP contribution in [0.15, 0.2) is 18.2 Å². The second-order valence-corrected chi connectivity index (χ2v) is 4.42. The zero-order valence-corrected chi connectivity index (χ0v) is 9.83. The molecule has 0 aliphatic rings. The standard InChI is InChI=1S/C13H21NO/c1-9(2)11-5-4-6-12(13(11)15)10(3)7-8-14/h4-6,9-10,15H,7-8,14H2,1-3H3. The van der Waals surface area contributed by atoms with Gasteiger partial charge in [0.25, 0.3) is 0 Å². The van der Waals surface area contributed by atoms with Crippen molar-refractivity contribution in [2.24, 2.45) is 5.73 Å². The van der Waals surface area contributed by atoms with Crippen LogP contribution in [0.5, 0.6) is 5.75 Å². The van der Waals surface area contributed by atoms with Gasteiger partial charge in [0.15, 0.2) is 0 Å². The van der Waals surface area contributed by atoms with Gasteiger partial charge in [-0.15, -0.1) is 0 Å². The van der Waals surface area contributed by atoms with Crippen molar-refractivity contribution in [2.45, 2.75) is 39.0 Å². The van der Waals surface area contributed by atoms with E-state index in [0.29, 0.717) is 24.1 Å². The predicted molar refractivity (Wildman–Crippen MR) is 64.3 cm³/mol. The van der Waals surface area contributed by atoms with E-state index < -0.39 is 0 Å². The normalized spacial score (nSPS) is 13.1. The maximum Gasteiger partial charge on any atom is 0.122 e. The lowest BCUT2D eigenvalue weighted by atomic mass is 9.91. The summed E-state index contributed by atoms with van der Waals surface area (Å²) in [7, 11) is 0. The average Bonchev–Trinajstić information content (AvgIpc) is 2.17. The van der Waals surface area contributed by atoms with E-state index in [1.807, 2.05) is 18.2 Å². The second-order valence-electron chi connectivity index (χ2n) is 4.42. The first kappa shape index (κ1) is 12.1. The lowest BCUT2D eigenvalue weighted by Gasteiger charge is -2.16. The van der Waals surface area contributed by atoms with Crippen LogP contribution in [0.3, 0.4) is 0 Å². The molecule has 0 fully saturated rings. The first-order valence-corrected chi connectivity index (χ1v) is 5.59. The highest BCUT2D eigenvalue weighted by Crippen LogP contribution is 2.34. The van der Waals surface area contributed by atoms with Gasteiger partial charge in [-0.25, -0.2) is 0 Å². The van der Waals surface area contributed by atoms with Gasteiger partial charge in [0.1, 0.15) is 5.75 Å². The molecule has 0 bridgehead atoms. The molecule has 0 amide bonds. The highest BCUT2D eigenvalue weighted by Gasteiger charge is 2.14. The topological polar surface area (TPSA) is 46.2 Å². The largest absolute Gasteiger partial charge is 0.507 e. The highest BCUT2D eigenvalue weighted by molar-refractivity contribution is 5.43. The molecule has 3 N–H and O–H groups in total. The molecule has 0 heterocycles. The minimum atomic E-state index is 0.327. The maximum atomic E-state index is 10.1. The van der Waals surface area contributed by atoms with E-state index in [4.69, 9.17) is 5.73 Å². The van der Waals surface area contributed by atoms with Gasteiger partial charge < -0.3 is 10.8 Å². The third-order valence-electron chi connectivity index (χ3n) is 2.85. The van der Waals surface area contributed by atoms with E-state index in [0.717, 1.165) is 17.5 Å². The molecule has 1 aromatic rings. The number of para-hydroxylation sites is 1. The number of phenolic OH excluding ortho intramolecular Hbond substituents is 1. The molecule has 1 unspecified atom stereocenters. The third kappa shape index (κ3) is 2.72. The SMILES string of the molecule is CC(C)c1cccc(C(C)CCN)c1O. The van der Waals surface area contributed by atoms with Crippen LogP contribution in [-0.2, 0) is 0 Å². The summed E-state index contributed by atoms with van der Waals surface area (Å²) in [6.45, 7) is 6.94. The van der Waals surface area contributed by atoms with E-state index in [2.05, 4.69) is 20.8 Å². The third-order valence-corrected chi connectivity index (χ3v) is 2.85. The molecule has 1 rings (SSSR count). The molecule has 0 saturated heterocycles. The fraction of sp³-hybridized carbons (Fsp3) is 0.538. The smallest absolute Gasteiger partial charge is 0.122 e. The molecular weight excluding hydrogens is 186 g/mol. The van der Waals surface area contributed by atoms with Crippen LogP contribution >= 0.6 is 0 Å². The second kappa shape index (κ2) is 5.17. The first-order chi connectivity index (χ1) is 7.07. The Morgan fingerprint density at radius 2 is 1.80 bits per heavy atom. The molecule has 2 nitrogen and oxygen atoms in total. The highest BCUT2D eigenvalue weighted by atomic mass is 16.3. The molecule has 2 heteroatoms. The molecule has 0 aromatic heterocycles. The summed E-state index contributed by atoms with van der Waals surface area (Å²) < 4.78 is 0. The van der Waals surface area contributed by atoms with E-state index in [1.54, 1.807) is 0 Å². The Kier molecular flexibility index (Phi) is 4.15. The number of hydrogen-bond donors (Lipinski definition) is 2. The van der Waals surface area contributed by atoms with Crippen LogP contribution in [-0.4, -0.2) is 11.7 Å². The molecule has 1 aromatic carbocycles. The van der Waals surface area contributed by atoms with Crippen LogP contribution in [0.2, 0.25) is 0 Å². The minimum Gasteiger partial charge on any atom is -0.507 e. The van der Waals surface area contributed by atoms with Crippen molar-refractivity contribution in [1.82, 2.24) is 0 Å². The van der Waals surface area contributed by atoms with Crippen molar-refractivity contribution in [3.05, 3.63) is 29.3 Å². The summed E-state index contributed by atoms with van der Waals surface area (Å²) in [5.41, 5.74) is 7.58. The van der Waals surface area contributed by atoms with Crippen molar-refractivity contribution in [2.75, 3.05) is 6.54 Å². The van der Waals surface area contributed by atoms with Crippen molar-refractivity contribution in [3.63, 3.8) is 0 Å². The minimum absolute atomic E-state index is 0.327. The summed E-state index contributed by atoms with van der Waals surface area (Å²) in [5.74, 6) is 1.14. The number of rotatable bonds is 4. The van der Waals surface area contributed by atoms with Crippen molar-refractivity contribution < 1.29 is 5.11 Å². The lowest BCUT2D eigenvalue weighted by Crippen LogP contribution is -2.05. The van der Waals surface area contributed by atoms with Gasteiger partial charge in [0.05, 0.1) is 0 Å². The van der Waals surface area contributed by atoms with Crippen LogP contribution in [0.4, 0.5) is 0 Å². The Bertz CT molecular complexity index is 320. The Morgan fingerprint density at radius 1 is 1.20 bits per heavy atom. The molecular formula is C13H21NO. The molecule has 84 valence electrons. The van der Waals surface area contributed by atoms with Crippen molar-refractivity contribution in [1.29, 1.82) is 0 Å². The van der Waals surface area contributed by atoms with Crippen LogP contribution in [0.25, 0.3) is 0 Å². The quantitative estimate of drug-likeness (QED) is 0.797. The van der Waals surface area contributed by atoms with Gasteiger partial charge in [-0.1, -0.05) is 39.0 Å². The summed E-state index contributed by atoms with van der Waals surface area (Å²) in [4.78, 5) is 0. The molecule has 1 atom stereocenters. The van der Waals surface area contributed by atoms with Gasteiger partial charge in [-0.2, -0.15) is 0 Å². The number of nitrogens with two attached hydrogens (primary N) is 1. The van der Waals surface area contributed by atoms with Crippen LogP contribution < -0.4 is 5.73 Å². The molecule has 0 aliphatic heterocycles. The van der Waals surface area contributed by atoms with Crippen molar-refractivity contribution >= 4 is 0 Å². The number of aromatic hydroxyl groups is 1. The Morgan fingerprint density at radius 3 is 2.33 bits per heavy atom. The first-order valence-electron chi connectivity index (χ1n) is 5.59. The average molecular weight is 207 g/mol. The lowest BCUT2D eigenvalue weighted by molar-refractivity contribution is 0.451. The van der Waals surface area contributed by atoms with Crippen molar-refractivity contribution in [3.8, 4) is 5.75 Å². The van der Waals surface area contributed by atoms with Gasteiger partial charge in [0.2, 0.25) is 0 Å². The number of phenols is 1. The molecule has 0 aliphatic carbocycles. The Labute approximate surface area is 92.1 Å². The number of benzene rings is 1. The van der Waals surface area contributed by atoms with Crippen LogP contribution in [0.1, 0.15) is 50.2 Å². The molecule has 0 radical (unpaired) electrons. The van der Waals surface area contributed by atoms with Gasteiger partial charge in [-0.05, 0) is 35.9 Å². The van der Waals surface area contributed by atoms with Gasteiger partial charge in [0, 0.05) is 0 Å². The zero-order chi connectivity index (χ0) is 11.4. The van der Waals surface area contributed by atoms with Gasteiger partial charge in [-0.3, -0.25) is 0 Å². The zero-order valence-electron chi connectivity index (χ0n) is 9.83. The summed E-state index contributed by atoms with van der Waals surface area (Å²) in [6.07, 6.45) is 0.912. The Hall–Kier alpha value is -1.02. The Balaban J connectivity index is 3.03. The maximum absolute atomic E-state index is 10.1. The van der Waals surface area contributed by atoms with E-state index in [-0.39, 0.29) is 0 Å². The molecule has 0 saturated carbocycles. The fourth-order valence-electron chi connectivity index (χ4n) is 1.85. The molecule has 0 spiro atoms. The van der Waals surface area contributed by atoms with E-state index >= 15 is 0 Å². The monoisotopic (exact) mass is 207 g/mol.